The maximum Gasteiger partial charge on any atom is 0.191 e. The molecule has 1 saturated carbocycles. The summed E-state index contributed by atoms with van der Waals surface area (Å²) < 4.78 is 0. The van der Waals surface area contributed by atoms with Gasteiger partial charge in [-0.25, -0.2) is 4.99 Å². The van der Waals surface area contributed by atoms with Gasteiger partial charge in [0.2, 0.25) is 0 Å². The minimum Gasteiger partial charge on any atom is -0.357 e. The van der Waals surface area contributed by atoms with Crippen molar-refractivity contribution in [1.29, 1.82) is 0 Å². The molecule has 1 atom stereocenters. The Kier molecular flexibility index (Phi) is 6.25. The van der Waals surface area contributed by atoms with Crippen molar-refractivity contribution in [1.82, 2.24) is 15.5 Å². The van der Waals surface area contributed by atoms with Crippen molar-refractivity contribution >= 4 is 5.96 Å². The summed E-state index contributed by atoms with van der Waals surface area (Å²) in [6.07, 6.45) is 2.73. The van der Waals surface area contributed by atoms with Crippen LogP contribution in [0, 0.1) is 12.8 Å². The Hall–Kier alpha value is -1.55. The molecule has 4 nitrogen and oxygen atoms in total. The van der Waals surface area contributed by atoms with Crippen molar-refractivity contribution in [2.45, 2.75) is 39.3 Å². The highest BCUT2D eigenvalue weighted by atomic mass is 15.2. The monoisotopic (exact) mass is 302 g/mol. The van der Waals surface area contributed by atoms with Crippen LogP contribution in [0.5, 0.6) is 0 Å². The number of hydrogen-bond donors (Lipinski definition) is 2. The summed E-state index contributed by atoms with van der Waals surface area (Å²) in [7, 11) is 4.34. The molecular formula is C18H30N4. The van der Waals surface area contributed by atoms with Crippen molar-refractivity contribution in [2.75, 3.05) is 27.2 Å². The Morgan fingerprint density at radius 3 is 2.68 bits per heavy atom. The molecule has 0 saturated heterocycles. The van der Waals surface area contributed by atoms with Gasteiger partial charge in [-0.1, -0.05) is 29.8 Å². The van der Waals surface area contributed by atoms with E-state index in [2.05, 4.69) is 67.7 Å². The maximum absolute atomic E-state index is 4.71. The number of benzene rings is 1. The van der Waals surface area contributed by atoms with Crippen LogP contribution in [0.15, 0.2) is 29.3 Å². The first-order valence-corrected chi connectivity index (χ1v) is 8.34. The molecule has 1 unspecified atom stereocenters. The Morgan fingerprint density at radius 2 is 2.09 bits per heavy atom. The molecule has 1 aromatic carbocycles. The van der Waals surface area contributed by atoms with Gasteiger partial charge in [-0.3, -0.25) is 0 Å². The van der Waals surface area contributed by atoms with E-state index in [1.807, 2.05) is 0 Å². The first-order chi connectivity index (χ1) is 10.6. The van der Waals surface area contributed by atoms with E-state index in [-0.39, 0.29) is 0 Å². The van der Waals surface area contributed by atoms with E-state index in [1.54, 1.807) is 0 Å². The zero-order chi connectivity index (χ0) is 15.9. The molecule has 0 radical (unpaired) electrons. The van der Waals surface area contributed by atoms with Crippen molar-refractivity contribution in [3.05, 3.63) is 35.4 Å². The smallest absolute Gasteiger partial charge is 0.191 e. The summed E-state index contributed by atoms with van der Waals surface area (Å²) >= 11 is 0. The number of aliphatic imine (C=N–C) groups is 1. The van der Waals surface area contributed by atoms with Crippen LogP contribution in [0.4, 0.5) is 0 Å². The number of hydrogen-bond acceptors (Lipinski definition) is 2. The van der Waals surface area contributed by atoms with Crippen LogP contribution in [-0.2, 0) is 6.54 Å². The molecule has 4 heteroatoms. The summed E-state index contributed by atoms with van der Waals surface area (Å²) in [5.74, 6) is 1.76. The average Bonchev–Trinajstić information content (AvgIpc) is 3.29. The van der Waals surface area contributed by atoms with Crippen LogP contribution >= 0.6 is 0 Å². The molecule has 0 heterocycles. The van der Waals surface area contributed by atoms with Crippen LogP contribution in [-0.4, -0.2) is 44.1 Å². The van der Waals surface area contributed by atoms with E-state index in [0.717, 1.165) is 25.0 Å². The highest BCUT2D eigenvalue weighted by Gasteiger charge is 2.32. The molecule has 0 bridgehead atoms. The fourth-order valence-electron chi connectivity index (χ4n) is 2.78. The van der Waals surface area contributed by atoms with E-state index < -0.39 is 0 Å². The van der Waals surface area contributed by atoms with Gasteiger partial charge in [-0.15, -0.1) is 0 Å². The lowest BCUT2D eigenvalue weighted by molar-refractivity contribution is 0.264. The maximum atomic E-state index is 4.71. The van der Waals surface area contributed by atoms with Gasteiger partial charge in [0.1, 0.15) is 0 Å². The van der Waals surface area contributed by atoms with Gasteiger partial charge in [0, 0.05) is 19.1 Å². The summed E-state index contributed by atoms with van der Waals surface area (Å²) in [5.41, 5.74) is 2.54. The van der Waals surface area contributed by atoms with Crippen LogP contribution in [0.2, 0.25) is 0 Å². The molecule has 1 aliphatic carbocycles. The highest BCUT2D eigenvalue weighted by molar-refractivity contribution is 5.79. The van der Waals surface area contributed by atoms with Gasteiger partial charge in [-0.2, -0.15) is 0 Å². The molecule has 0 aliphatic heterocycles. The van der Waals surface area contributed by atoms with Crippen molar-refractivity contribution in [2.24, 2.45) is 10.9 Å². The minimum atomic E-state index is 0.600. The molecule has 1 aromatic rings. The minimum absolute atomic E-state index is 0.600. The fraction of sp³-hybridized carbons (Fsp3) is 0.611. The third kappa shape index (κ3) is 5.34. The molecule has 0 aromatic heterocycles. The third-order valence-corrected chi connectivity index (χ3v) is 4.15. The van der Waals surface area contributed by atoms with Crippen molar-refractivity contribution in [3.8, 4) is 0 Å². The Labute approximate surface area is 135 Å². The molecule has 2 N–H and O–H groups in total. The summed E-state index contributed by atoms with van der Waals surface area (Å²) in [6, 6.07) is 9.14. The van der Waals surface area contributed by atoms with Crippen molar-refractivity contribution < 1.29 is 0 Å². The molecular weight excluding hydrogens is 272 g/mol. The predicted molar refractivity (Wildman–Crippen MR) is 94.2 cm³/mol. The number of nitrogens with one attached hydrogen (secondary N) is 2. The number of guanidine groups is 1. The molecule has 1 fully saturated rings. The molecule has 0 amide bonds. The normalized spacial score (nSPS) is 16.7. The third-order valence-electron chi connectivity index (χ3n) is 4.15. The molecule has 22 heavy (non-hydrogen) atoms. The lowest BCUT2D eigenvalue weighted by Gasteiger charge is -2.25. The second-order valence-corrected chi connectivity index (χ2v) is 6.43. The number of nitrogens with zero attached hydrogens (tertiary/aromatic N) is 2. The first kappa shape index (κ1) is 16.8. The van der Waals surface area contributed by atoms with E-state index in [4.69, 9.17) is 4.99 Å². The van der Waals surface area contributed by atoms with Gasteiger partial charge in [0.25, 0.3) is 0 Å². The van der Waals surface area contributed by atoms with Crippen LogP contribution in [0.25, 0.3) is 0 Å². The fourth-order valence-corrected chi connectivity index (χ4v) is 2.78. The molecule has 2 rings (SSSR count). The van der Waals surface area contributed by atoms with Gasteiger partial charge in [-0.05, 0) is 52.3 Å². The zero-order valence-electron chi connectivity index (χ0n) is 14.4. The quantitative estimate of drug-likeness (QED) is 0.600. The molecule has 1 aliphatic rings. The summed E-state index contributed by atoms with van der Waals surface area (Å²) in [5, 5.41) is 6.85. The topological polar surface area (TPSA) is 39.7 Å². The highest BCUT2D eigenvalue weighted by Crippen LogP contribution is 2.34. The largest absolute Gasteiger partial charge is 0.357 e. The molecule has 0 spiro atoms. The van der Waals surface area contributed by atoms with Crippen molar-refractivity contribution in [3.63, 3.8) is 0 Å². The lowest BCUT2D eigenvalue weighted by Crippen LogP contribution is -2.46. The van der Waals surface area contributed by atoms with Gasteiger partial charge < -0.3 is 15.5 Å². The van der Waals surface area contributed by atoms with Crippen LogP contribution < -0.4 is 10.6 Å². The summed E-state index contributed by atoms with van der Waals surface area (Å²) in [4.78, 5) is 7.04. The Balaban J connectivity index is 1.91. The second kappa shape index (κ2) is 8.18. The van der Waals surface area contributed by atoms with E-state index in [1.165, 1.54) is 24.0 Å². The van der Waals surface area contributed by atoms with Gasteiger partial charge in [0.15, 0.2) is 5.96 Å². The number of aryl methyl sites for hydroxylation is 1. The van der Waals surface area contributed by atoms with Crippen LogP contribution in [0.3, 0.4) is 0 Å². The Bertz CT molecular complexity index is 490. The number of rotatable bonds is 7. The van der Waals surface area contributed by atoms with E-state index in [0.29, 0.717) is 12.6 Å². The standard InChI is InChI=1S/C18H30N4/c1-5-19-18(20-12-15-8-6-7-14(2)11-15)21-13-17(22(3)4)16-9-10-16/h6-8,11,16-17H,5,9-10,12-13H2,1-4H3,(H2,19,20,21). The van der Waals surface area contributed by atoms with Gasteiger partial charge in [0.05, 0.1) is 6.54 Å². The van der Waals surface area contributed by atoms with E-state index in [9.17, 15) is 0 Å². The average molecular weight is 302 g/mol. The van der Waals surface area contributed by atoms with Crippen LogP contribution in [0.1, 0.15) is 30.9 Å². The molecule has 122 valence electrons. The lowest BCUT2D eigenvalue weighted by atomic mass is 10.1. The summed E-state index contributed by atoms with van der Waals surface area (Å²) in [6.45, 7) is 6.78. The number of likely N-dealkylation sites (N-methyl/N-ethyl adjacent to an activating group) is 1. The van der Waals surface area contributed by atoms with Gasteiger partial charge >= 0.3 is 0 Å². The van der Waals surface area contributed by atoms with E-state index >= 15 is 0 Å². The second-order valence-electron chi connectivity index (χ2n) is 6.43. The zero-order valence-corrected chi connectivity index (χ0v) is 14.4. The predicted octanol–water partition coefficient (Wildman–Crippen LogP) is 2.39. The first-order valence-electron chi connectivity index (χ1n) is 8.34. The SMILES string of the molecule is CCNC(=NCc1cccc(C)c1)NCC(C1CC1)N(C)C. The Morgan fingerprint density at radius 1 is 1.32 bits per heavy atom.